The number of carbonyl (C=O) groups excluding carboxylic acids is 1. The highest BCUT2D eigenvalue weighted by atomic mass is 16.2. The predicted octanol–water partition coefficient (Wildman–Crippen LogP) is 2.17. The summed E-state index contributed by atoms with van der Waals surface area (Å²) < 4.78 is 0. The molecule has 4 rings (SSSR count). The lowest BCUT2D eigenvalue weighted by atomic mass is 10.0. The summed E-state index contributed by atoms with van der Waals surface area (Å²) in [4.78, 5) is 31.5. The summed E-state index contributed by atoms with van der Waals surface area (Å²) in [6.07, 6.45) is 7.67. The number of rotatable bonds is 2. The quantitative estimate of drug-likeness (QED) is 0.720. The van der Waals surface area contributed by atoms with Crippen LogP contribution in [0.1, 0.15) is 21.7 Å². The smallest absolute Gasteiger partial charge is 0.274 e. The Morgan fingerprint density at radius 1 is 0.960 bits per heavy atom. The summed E-state index contributed by atoms with van der Waals surface area (Å²) >= 11 is 0. The van der Waals surface area contributed by atoms with Gasteiger partial charge in [0.15, 0.2) is 0 Å². The van der Waals surface area contributed by atoms with Crippen molar-refractivity contribution in [2.24, 2.45) is 0 Å². The summed E-state index contributed by atoms with van der Waals surface area (Å²) in [5, 5.41) is 0. The maximum atomic E-state index is 12.6. The van der Waals surface area contributed by atoms with Gasteiger partial charge in [-0.2, -0.15) is 0 Å². The second kappa shape index (κ2) is 6.76. The molecule has 0 radical (unpaired) electrons. The van der Waals surface area contributed by atoms with E-state index in [0.717, 1.165) is 28.9 Å². The van der Waals surface area contributed by atoms with E-state index in [1.807, 2.05) is 23.1 Å². The van der Waals surface area contributed by atoms with Gasteiger partial charge in [0, 0.05) is 48.7 Å². The molecule has 1 aliphatic rings. The fraction of sp³-hybridized carbons (Fsp3) is 0.211. The molecule has 1 aliphatic heterocycles. The molecule has 0 saturated heterocycles. The number of amides is 1. The summed E-state index contributed by atoms with van der Waals surface area (Å²) in [5.74, 6) is -0.0878. The molecule has 6 heteroatoms. The van der Waals surface area contributed by atoms with Crippen LogP contribution in [0.5, 0.6) is 0 Å². The van der Waals surface area contributed by atoms with E-state index in [4.69, 9.17) is 0 Å². The average molecular weight is 331 g/mol. The van der Waals surface area contributed by atoms with E-state index in [1.165, 1.54) is 6.20 Å². The van der Waals surface area contributed by atoms with Gasteiger partial charge in [-0.3, -0.25) is 9.78 Å². The highest BCUT2D eigenvalue weighted by Gasteiger charge is 2.23. The molecule has 2 aromatic heterocycles. The van der Waals surface area contributed by atoms with Crippen molar-refractivity contribution in [2.45, 2.75) is 12.8 Å². The minimum atomic E-state index is -0.0878. The molecule has 0 N–H and O–H groups in total. The fourth-order valence-electron chi connectivity index (χ4n) is 3.15. The summed E-state index contributed by atoms with van der Waals surface area (Å²) in [6.45, 7) is 1.24. The van der Waals surface area contributed by atoms with E-state index < -0.39 is 0 Å². The second-order valence-electron chi connectivity index (χ2n) is 5.90. The van der Waals surface area contributed by atoms with Crippen LogP contribution >= 0.6 is 0 Å². The van der Waals surface area contributed by atoms with Gasteiger partial charge < -0.3 is 4.90 Å². The molecule has 0 unspecified atom stereocenters. The first-order chi connectivity index (χ1) is 12.3. The molecule has 0 fully saturated rings. The van der Waals surface area contributed by atoms with Crippen LogP contribution in [0, 0.1) is 0 Å². The zero-order valence-corrected chi connectivity index (χ0v) is 13.7. The third-order valence-corrected chi connectivity index (χ3v) is 4.40. The molecular weight excluding hydrogens is 314 g/mol. The Morgan fingerprint density at radius 2 is 1.80 bits per heavy atom. The van der Waals surface area contributed by atoms with E-state index in [1.54, 1.807) is 18.7 Å². The largest absolute Gasteiger partial charge is 0.337 e. The van der Waals surface area contributed by atoms with Crippen LogP contribution in [-0.4, -0.2) is 43.8 Å². The van der Waals surface area contributed by atoms with Crippen molar-refractivity contribution in [2.75, 3.05) is 13.1 Å². The molecule has 3 heterocycles. The minimum absolute atomic E-state index is 0.0878. The molecule has 0 bridgehead atoms. The monoisotopic (exact) mass is 331 g/mol. The van der Waals surface area contributed by atoms with Crippen LogP contribution in [0.15, 0.2) is 55.2 Å². The SMILES string of the molecule is O=C(c1cnccn1)N1CCc2ncnc(-c3ccccc3)c2CC1. The third-order valence-electron chi connectivity index (χ3n) is 4.40. The lowest BCUT2D eigenvalue weighted by Crippen LogP contribution is -2.33. The van der Waals surface area contributed by atoms with E-state index in [-0.39, 0.29) is 5.91 Å². The number of hydrogen-bond donors (Lipinski definition) is 0. The predicted molar refractivity (Wildman–Crippen MR) is 92.8 cm³/mol. The Kier molecular flexibility index (Phi) is 4.16. The summed E-state index contributed by atoms with van der Waals surface area (Å²) in [5.41, 5.74) is 4.56. The van der Waals surface area contributed by atoms with Crippen molar-refractivity contribution in [1.29, 1.82) is 0 Å². The number of fused-ring (bicyclic) bond motifs is 1. The van der Waals surface area contributed by atoms with Crippen molar-refractivity contribution in [3.8, 4) is 11.3 Å². The van der Waals surface area contributed by atoms with Gasteiger partial charge in [-0.25, -0.2) is 15.0 Å². The normalized spacial score (nSPS) is 13.8. The first-order valence-electron chi connectivity index (χ1n) is 8.26. The highest BCUT2D eigenvalue weighted by molar-refractivity contribution is 5.92. The topological polar surface area (TPSA) is 71.9 Å². The van der Waals surface area contributed by atoms with Gasteiger partial charge in [-0.05, 0) is 6.42 Å². The van der Waals surface area contributed by atoms with Crippen LogP contribution in [0.3, 0.4) is 0 Å². The highest BCUT2D eigenvalue weighted by Crippen LogP contribution is 2.25. The van der Waals surface area contributed by atoms with Gasteiger partial charge in [0.1, 0.15) is 12.0 Å². The molecule has 6 nitrogen and oxygen atoms in total. The molecule has 3 aromatic rings. The van der Waals surface area contributed by atoms with Gasteiger partial charge in [-0.15, -0.1) is 0 Å². The van der Waals surface area contributed by atoms with Crippen molar-refractivity contribution in [3.63, 3.8) is 0 Å². The Balaban J connectivity index is 1.61. The molecule has 0 saturated carbocycles. The van der Waals surface area contributed by atoms with Crippen molar-refractivity contribution in [1.82, 2.24) is 24.8 Å². The molecule has 1 amide bonds. The van der Waals surface area contributed by atoms with Crippen molar-refractivity contribution in [3.05, 3.63) is 72.2 Å². The summed E-state index contributed by atoms with van der Waals surface area (Å²) in [6, 6.07) is 10.1. The Labute approximate surface area is 145 Å². The maximum Gasteiger partial charge on any atom is 0.274 e. The minimum Gasteiger partial charge on any atom is -0.337 e. The van der Waals surface area contributed by atoms with Crippen molar-refractivity contribution < 1.29 is 4.79 Å². The Bertz CT molecular complexity index is 883. The van der Waals surface area contributed by atoms with Crippen LogP contribution in [-0.2, 0) is 12.8 Å². The molecule has 0 atom stereocenters. The molecule has 0 aliphatic carbocycles. The molecule has 0 spiro atoms. The second-order valence-corrected chi connectivity index (χ2v) is 5.90. The van der Waals surface area contributed by atoms with Crippen LogP contribution < -0.4 is 0 Å². The molecule has 124 valence electrons. The Morgan fingerprint density at radius 3 is 2.60 bits per heavy atom. The van der Waals surface area contributed by atoms with Crippen LogP contribution in [0.25, 0.3) is 11.3 Å². The first kappa shape index (κ1) is 15.4. The number of hydrogen-bond acceptors (Lipinski definition) is 5. The number of nitrogens with zero attached hydrogens (tertiary/aromatic N) is 5. The van der Waals surface area contributed by atoms with Gasteiger partial charge in [-0.1, -0.05) is 30.3 Å². The standard InChI is InChI=1S/C19H17N5O/c25-19(17-12-20-8-9-21-17)24-10-6-15-16(7-11-24)22-13-23-18(15)14-4-2-1-3-5-14/h1-5,8-9,12-13H,6-7,10-11H2. The molecular formula is C19H17N5O. The van der Waals surface area contributed by atoms with Crippen molar-refractivity contribution >= 4 is 5.91 Å². The van der Waals surface area contributed by atoms with Gasteiger partial charge in [0.05, 0.1) is 11.9 Å². The van der Waals surface area contributed by atoms with Crippen LogP contribution in [0.2, 0.25) is 0 Å². The number of carbonyl (C=O) groups is 1. The van der Waals surface area contributed by atoms with E-state index in [9.17, 15) is 4.79 Å². The maximum absolute atomic E-state index is 12.6. The lowest BCUT2D eigenvalue weighted by Gasteiger charge is -2.19. The molecule has 1 aromatic carbocycles. The van der Waals surface area contributed by atoms with E-state index >= 15 is 0 Å². The zero-order chi connectivity index (χ0) is 17.1. The zero-order valence-electron chi connectivity index (χ0n) is 13.7. The summed E-state index contributed by atoms with van der Waals surface area (Å²) in [7, 11) is 0. The van der Waals surface area contributed by atoms with Crippen LogP contribution in [0.4, 0.5) is 0 Å². The molecule has 25 heavy (non-hydrogen) atoms. The fourth-order valence-corrected chi connectivity index (χ4v) is 3.15. The van der Waals surface area contributed by atoms with Gasteiger partial charge in [0.2, 0.25) is 0 Å². The average Bonchev–Trinajstić information content (AvgIpc) is 2.91. The lowest BCUT2D eigenvalue weighted by molar-refractivity contribution is 0.0756. The van der Waals surface area contributed by atoms with Gasteiger partial charge >= 0.3 is 0 Å². The van der Waals surface area contributed by atoms with Gasteiger partial charge in [0.25, 0.3) is 5.91 Å². The third kappa shape index (κ3) is 3.10. The number of aromatic nitrogens is 4. The number of benzene rings is 1. The first-order valence-corrected chi connectivity index (χ1v) is 8.26. The van der Waals surface area contributed by atoms with E-state index in [0.29, 0.717) is 25.2 Å². The van der Waals surface area contributed by atoms with E-state index in [2.05, 4.69) is 32.1 Å². The Hall–Kier alpha value is -3.15.